The predicted octanol–water partition coefficient (Wildman–Crippen LogP) is 7.45. The first-order valence-electron chi connectivity index (χ1n) is 20.3. The lowest BCUT2D eigenvalue weighted by Crippen LogP contribution is -2.89. The molecule has 1 saturated carbocycles. The summed E-state index contributed by atoms with van der Waals surface area (Å²) in [4.78, 5) is 71.2. The molecule has 6 N–H and O–H groups in total. The number of aliphatic imine (C=N–C) groups is 1. The summed E-state index contributed by atoms with van der Waals surface area (Å²) in [5.41, 5.74) is 4.56. The standard InChI is InChI=1S/C42H54N3O16P3/c1-22(2)12-11-17-40(9)18-16-27-33(57-40)26(14-13-23(3)4)34-31(35(27)58-63(51,52)61-64(53,54)60-62(48,49)50)32-30(25(6)28(21-43)37(44)45-32)36(56-34)41-20-29(46)42(41,59-39(41,7)8)19-15-24(5)38(47)55-10/h12-13,15-16,18,25,28,36H,11,14,17,19-20H2,1-10H3,(H2,44,45)(H,51,52)(H,53,54)(H2,48,49,50). The molecule has 1 aliphatic carbocycles. The number of hydrogen-bond acceptors (Lipinski definition) is 15. The lowest BCUT2D eigenvalue weighted by molar-refractivity contribution is -0.395. The van der Waals surface area contributed by atoms with Gasteiger partial charge in [-0.2, -0.15) is 13.9 Å². The molecule has 2 fully saturated rings. The largest absolute Gasteiger partial charge is 0.536 e. The quantitative estimate of drug-likeness (QED) is 0.0493. The molecule has 0 amide bonds. The maximum Gasteiger partial charge on any atom is 0.536 e. The molecule has 0 spiro atoms. The molecule has 348 valence electrons. The van der Waals surface area contributed by atoms with E-state index in [0.29, 0.717) is 24.0 Å². The Kier molecular flexibility index (Phi) is 13.0. The molecule has 1 aromatic carbocycles. The highest BCUT2D eigenvalue weighted by atomic mass is 31.3. The number of esters is 1. The molecule has 0 radical (unpaired) electrons. The third-order valence-electron chi connectivity index (χ3n) is 12.4. The molecule has 5 aliphatic rings. The lowest BCUT2D eigenvalue weighted by Gasteiger charge is -2.76. The normalized spacial score (nSPS) is 29.5. The van der Waals surface area contributed by atoms with Gasteiger partial charge >= 0.3 is 29.4 Å². The fourth-order valence-corrected chi connectivity index (χ4v) is 12.4. The summed E-state index contributed by atoms with van der Waals surface area (Å²) >= 11 is 0. The van der Waals surface area contributed by atoms with Crippen molar-refractivity contribution in [3.8, 4) is 23.3 Å². The number of hydrogen-bond donors (Lipinski definition) is 5. The number of phosphoric ester groups is 1. The Morgan fingerprint density at radius 3 is 2.23 bits per heavy atom. The second-order valence-corrected chi connectivity index (χ2v) is 22.2. The Bertz CT molecular complexity index is 2570. The monoisotopic (exact) mass is 949 g/mol. The van der Waals surface area contributed by atoms with Crippen LogP contribution in [-0.2, 0) is 47.8 Å². The van der Waals surface area contributed by atoms with Crippen molar-refractivity contribution >= 4 is 52.8 Å². The van der Waals surface area contributed by atoms with Crippen molar-refractivity contribution in [2.75, 3.05) is 7.11 Å². The van der Waals surface area contributed by atoms with Gasteiger partial charge in [0.05, 0.1) is 41.0 Å². The summed E-state index contributed by atoms with van der Waals surface area (Å²) in [5.74, 6) is -3.29. The van der Waals surface area contributed by atoms with Gasteiger partial charge in [0.2, 0.25) is 0 Å². The third kappa shape index (κ3) is 8.66. The number of nitrogens with two attached hydrogens (primary N) is 1. The van der Waals surface area contributed by atoms with E-state index in [-0.39, 0.29) is 64.8 Å². The van der Waals surface area contributed by atoms with Crippen LogP contribution in [0.15, 0.2) is 51.6 Å². The van der Waals surface area contributed by atoms with Gasteiger partial charge in [0, 0.05) is 35.5 Å². The van der Waals surface area contributed by atoms with Crippen molar-refractivity contribution in [1.82, 2.24) is 0 Å². The number of methoxy groups -OCH3 is 1. The molecule has 1 saturated heterocycles. The minimum atomic E-state index is -6.01. The fraction of sp³-hybridized carbons (Fsp3) is 0.524. The van der Waals surface area contributed by atoms with Crippen LogP contribution in [0, 0.1) is 28.6 Å². The smallest absolute Gasteiger partial charge is 0.484 e. The van der Waals surface area contributed by atoms with Crippen LogP contribution in [0.3, 0.4) is 0 Å². The van der Waals surface area contributed by atoms with Crippen LogP contribution in [0.4, 0.5) is 0 Å². The van der Waals surface area contributed by atoms with Gasteiger partial charge < -0.3 is 43.9 Å². The third-order valence-corrected chi connectivity index (χ3v) is 16.2. The van der Waals surface area contributed by atoms with Crippen LogP contribution in [0.2, 0.25) is 0 Å². The highest BCUT2D eigenvalue weighted by Crippen LogP contribution is 2.74. The first-order chi connectivity index (χ1) is 29.5. The van der Waals surface area contributed by atoms with Crippen LogP contribution in [0.1, 0.15) is 105 Å². The molecule has 4 heterocycles. The summed E-state index contributed by atoms with van der Waals surface area (Å²) in [5, 5.41) is 10.5. The molecule has 6 rings (SSSR count). The number of Topliss-reactive ketones (excluding diaryl/α,β-unsaturated/α-hetero) is 1. The summed E-state index contributed by atoms with van der Waals surface area (Å²) in [6.07, 6.45) is 8.69. The topological polar surface area (TPSA) is 293 Å². The molecule has 0 bridgehead atoms. The Labute approximate surface area is 371 Å². The molecule has 22 heteroatoms. The zero-order valence-electron chi connectivity index (χ0n) is 37.2. The van der Waals surface area contributed by atoms with Gasteiger partial charge in [-0.15, -0.1) is 0 Å². The van der Waals surface area contributed by atoms with Crippen molar-refractivity contribution in [2.24, 2.45) is 28.0 Å². The first-order valence-corrected chi connectivity index (χ1v) is 24.8. The second-order valence-electron chi connectivity index (χ2n) is 17.8. The summed E-state index contributed by atoms with van der Waals surface area (Å²) in [7, 11) is -16.5. The van der Waals surface area contributed by atoms with Gasteiger partial charge in [-0.1, -0.05) is 36.3 Å². The lowest BCUT2D eigenvalue weighted by atomic mass is 9.39. The number of rotatable bonds is 15. The predicted molar refractivity (Wildman–Crippen MR) is 232 cm³/mol. The van der Waals surface area contributed by atoms with Crippen LogP contribution in [-0.4, -0.2) is 67.2 Å². The van der Waals surface area contributed by atoms with Crippen molar-refractivity contribution < 1.29 is 75.0 Å². The minimum absolute atomic E-state index is 0.0126. The number of ether oxygens (including phenoxy) is 4. The molecule has 8 unspecified atom stereocenters. The van der Waals surface area contributed by atoms with Gasteiger partial charge in [0.25, 0.3) is 0 Å². The number of amidine groups is 1. The SMILES string of the molecule is COC(=O)C(C)=CCC12OC(C)(C)C1(C1Oc3c(CC=C(C)C)c4c(c(OP(=O)(O)OP(=O)(O)OP(=O)(O)O)c3C3=C1C(C)C(C#N)C(N)=N3)C=CC(C)(CCC=C(C)C)O4)CC2=O. The van der Waals surface area contributed by atoms with E-state index in [2.05, 4.69) is 14.7 Å². The average Bonchev–Trinajstić information content (AvgIpc) is 3.15. The number of benzene rings is 1. The number of carbonyl (C=O) groups is 2. The Morgan fingerprint density at radius 2 is 1.67 bits per heavy atom. The van der Waals surface area contributed by atoms with Gasteiger partial charge in [-0.05, 0) is 86.8 Å². The van der Waals surface area contributed by atoms with Crippen molar-refractivity contribution in [3.63, 3.8) is 0 Å². The molecular formula is C42H54N3O16P3. The Hall–Kier alpha value is -4.17. The molecule has 4 aliphatic heterocycles. The maximum atomic E-state index is 14.0. The summed E-state index contributed by atoms with van der Waals surface area (Å²) in [6.45, 7) is 16.3. The number of nitriles is 1. The Balaban J connectivity index is 1.69. The second kappa shape index (κ2) is 16.9. The van der Waals surface area contributed by atoms with Crippen molar-refractivity contribution in [1.29, 1.82) is 5.26 Å². The van der Waals surface area contributed by atoms with Gasteiger partial charge in [-0.25, -0.2) is 23.5 Å². The van der Waals surface area contributed by atoms with Crippen molar-refractivity contribution in [3.05, 3.63) is 63.3 Å². The summed E-state index contributed by atoms with van der Waals surface area (Å²) < 4.78 is 77.6. The first kappa shape index (κ1) is 49.3. The van der Waals surface area contributed by atoms with Gasteiger partial charge in [0.1, 0.15) is 40.6 Å². The highest BCUT2D eigenvalue weighted by molar-refractivity contribution is 7.66. The van der Waals surface area contributed by atoms with E-state index in [0.717, 1.165) is 11.1 Å². The number of ketones is 1. The van der Waals surface area contributed by atoms with E-state index >= 15 is 0 Å². The van der Waals surface area contributed by atoms with E-state index < -0.39 is 75.3 Å². The van der Waals surface area contributed by atoms with E-state index in [4.69, 9.17) is 34.2 Å². The molecule has 19 nitrogen and oxygen atoms in total. The summed E-state index contributed by atoms with van der Waals surface area (Å²) in [6, 6.07) is 2.20. The van der Waals surface area contributed by atoms with E-state index in [9.17, 15) is 48.1 Å². The molecule has 8 atom stereocenters. The minimum Gasteiger partial charge on any atom is -0.484 e. The van der Waals surface area contributed by atoms with Crippen LogP contribution in [0.5, 0.6) is 17.2 Å². The van der Waals surface area contributed by atoms with Crippen LogP contribution < -0.4 is 19.7 Å². The maximum absolute atomic E-state index is 14.0. The zero-order chi connectivity index (χ0) is 47.7. The number of phosphoric acid groups is 3. The molecule has 1 aromatic rings. The average molecular weight is 950 g/mol. The fourth-order valence-electron chi connectivity index (χ4n) is 9.39. The Morgan fingerprint density at radius 1 is 1.02 bits per heavy atom. The number of allylic oxidation sites excluding steroid dienone is 4. The van der Waals surface area contributed by atoms with Crippen LogP contribution >= 0.6 is 23.5 Å². The molecule has 0 aromatic heterocycles. The highest BCUT2D eigenvalue weighted by Gasteiger charge is 2.85. The molecular weight excluding hydrogens is 895 g/mol. The van der Waals surface area contributed by atoms with E-state index in [1.807, 2.05) is 46.8 Å². The van der Waals surface area contributed by atoms with E-state index in [1.165, 1.54) is 7.11 Å². The van der Waals surface area contributed by atoms with Crippen LogP contribution in [0.25, 0.3) is 11.8 Å². The number of nitrogens with zero attached hydrogens (tertiary/aromatic N) is 2. The number of fused-ring (bicyclic) bond motifs is 4. The van der Waals surface area contributed by atoms with Gasteiger partial charge in [-0.3, -0.25) is 9.69 Å². The van der Waals surface area contributed by atoms with Crippen molar-refractivity contribution in [2.45, 2.75) is 117 Å². The van der Waals surface area contributed by atoms with E-state index in [1.54, 1.807) is 45.9 Å². The zero-order valence-corrected chi connectivity index (χ0v) is 39.8. The number of carbonyl (C=O) groups excluding carboxylic acids is 2. The van der Waals surface area contributed by atoms with Gasteiger partial charge in [0.15, 0.2) is 11.5 Å². The molecule has 64 heavy (non-hydrogen) atoms.